The molecule has 1 aromatic carbocycles. The normalized spacial score (nSPS) is 10.1. The number of nitrogens with zero attached hydrogens (tertiary/aromatic N) is 1. The van der Waals surface area contributed by atoms with Crippen LogP contribution in [0.3, 0.4) is 0 Å². The van der Waals surface area contributed by atoms with Crippen LogP contribution >= 0.6 is 23.2 Å². The van der Waals surface area contributed by atoms with Gasteiger partial charge in [-0.1, -0.05) is 23.2 Å². The van der Waals surface area contributed by atoms with Gasteiger partial charge in [-0.3, -0.25) is 15.6 Å². The van der Waals surface area contributed by atoms with Crippen LogP contribution < -0.4 is 16.6 Å². The van der Waals surface area contributed by atoms with Gasteiger partial charge in [0.2, 0.25) is 0 Å². The third-order valence-corrected chi connectivity index (χ3v) is 3.14. The predicted molar refractivity (Wildman–Crippen MR) is 76.5 cm³/mol. The Labute approximate surface area is 119 Å². The van der Waals surface area contributed by atoms with E-state index in [1.807, 2.05) is 0 Å². The molecule has 98 valence electrons. The Bertz CT molecular complexity index is 618. The van der Waals surface area contributed by atoms with Crippen LogP contribution in [0.5, 0.6) is 0 Å². The number of nitrogens with one attached hydrogen (secondary N) is 2. The molecule has 0 aliphatic carbocycles. The van der Waals surface area contributed by atoms with Crippen LogP contribution in [0, 0.1) is 0 Å². The number of aromatic nitrogens is 1. The van der Waals surface area contributed by atoms with E-state index in [-0.39, 0.29) is 5.91 Å². The van der Waals surface area contributed by atoms with Gasteiger partial charge in [-0.2, -0.15) is 0 Å². The second kappa shape index (κ2) is 5.88. The number of carbonyl (C=O) groups excluding carboxylic acids is 1. The standard InChI is InChI=1S/C12H10Cl2N4O/c13-9-2-1-7(5-10(9)14)17-12(19)8-6-16-4-3-11(8)18-15/h1-6H,15H2,(H,16,18)(H,17,19). The average molecular weight is 297 g/mol. The Hall–Kier alpha value is -1.82. The van der Waals surface area contributed by atoms with Gasteiger partial charge in [0.25, 0.3) is 5.91 Å². The number of hydrogen-bond acceptors (Lipinski definition) is 4. The number of halogens is 2. The number of hydrogen-bond donors (Lipinski definition) is 3. The Morgan fingerprint density at radius 1 is 1.21 bits per heavy atom. The fourth-order valence-corrected chi connectivity index (χ4v) is 1.77. The highest BCUT2D eigenvalue weighted by molar-refractivity contribution is 6.42. The molecule has 0 bridgehead atoms. The van der Waals surface area contributed by atoms with E-state index in [0.717, 1.165) is 0 Å². The summed E-state index contributed by atoms with van der Waals surface area (Å²) in [5.74, 6) is 4.98. The Kier molecular flexibility index (Phi) is 4.21. The highest BCUT2D eigenvalue weighted by Gasteiger charge is 2.11. The number of anilines is 2. The molecule has 0 unspecified atom stereocenters. The van der Waals surface area contributed by atoms with Crippen LogP contribution in [0.25, 0.3) is 0 Å². The monoisotopic (exact) mass is 296 g/mol. The summed E-state index contributed by atoms with van der Waals surface area (Å²) in [7, 11) is 0. The molecule has 1 amide bonds. The summed E-state index contributed by atoms with van der Waals surface area (Å²) in [5.41, 5.74) is 3.78. The first-order valence-corrected chi connectivity index (χ1v) is 6.04. The van der Waals surface area contributed by atoms with Crippen molar-refractivity contribution < 1.29 is 4.79 Å². The number of nitrogen functional groups attached to an aromatic ring is 1. The van der Waals surface area contributed by atoms with Gasteiger partial charge in [0.05, 0.1) is 21.3 Å². The van der Waals surface area contributed by atoms with Gasteiger partial charge in [-0.25, -0.2) is 0 Å². The summed E-state index contributed by atoms with van der Waals surface area (Å²) in [4.78, 5) is 16.0. The van der Waals surface area contributed by atoms with Crippen molar-refractivity contribution in [2.24, 2.45) is 5.84 Å². The molecule has 1 aromatic heterocycles. The van der Waals surface area contributed by atoms with Crippen molar-refractivity contribution in [1.29, 1.82) is 0 Å². The van der Waals surface area contributed by atoms with Gasteiger partial charge in [0, 0.05) is 18.1 Å². The number of amides is 1. The zero-order valence-corrected chi connectivity index (χ0v) is 11.2. The molecule has 2 aromatic rings. The fraction of sp³-hybridized carbons (Fsp3) is 0. The summed E-state index contributed by atoms with van der Waals surface area (Å²) in [6.07, 6.45) is 2.95. The maximum absolute atomic E-state index is 12.1. The molecule has 0 saturated heterocycles. The van der Waals surface area contributed by atoms with Gasteiger partial charge in [0.15, 0.2) is 0 Å². The fourth-order valence-electron chi connectivity index (χ4n) is 1.47. The van der Waals surface area contributed by atoms with Crippen molar-refractivity contribution in [3.63, 3.8) is 0 Å². The highest BCUT2D eigenvalue weighted by Crippen LogP contribution is 2.25. The largest absolute Gasteiger partial charge is 0.323 e. The second-order valence-electron chi connectivity index (χ2n) is 3.65. The summed E-state index contributed by atoms with van der Waals surface area (Å²) < 4.78 is 0. The first-order valence-electron chi connectivity index (χ1n) is 5.29. The Morgan fingerprint density at radius 3 is 2.68 bits per heavy atom. The molecule has 2 rings (SSSR count). The molecule has 0 atom stereocenters. The van der Waals surface area contributed by atoms with Crippen molar-refractivity contribution in [2.75, 3.05) is 10.7 Å². The lowest BCUT2D eigenvalue weighted by molar-refractivity contribution is 0.102. The summed E-state index contributed by atoms with van der Waals surface area (Å²) >= 11 is 11.7. The van der Waals surface area contributed by atoms with E-state index in [9.17, 15) is 4.79 Å². The van der Waals surface area contributed by atoms with E-state index in [2.05, 4.69) is 15.7 Å². The second-order valence-corrected chi connectivity index (χ2v) is 4.46. The maximum Gasteiger partial charge on any atom is 0.259 e. The lowest BCUT2D eigenvalue weighted by Gasteiger charge is -2.09. The lowest BCUT2D eigenvalue weighted by atomic mass is 10.2. The molecule has 0 fully saturated rings. The van der Waals surface area contributed by atoms with Crippen molar-refractivity contribution in [2.45, 2.75) is 0 Å². The average Bonchev–Trinajstić information content (AvgIpc) is 2.43. The number of pyridine rings is 1. The molecule has 5 nitrogen and oxygen atoms in total. The first kappa shape index (κ1) is 13.6. The smallest absolute Gasteiger partial charge is 0.259 e. The third kappa shape index (κ3) is 3.14. The molecule has 0 aliphatic heterocycles. The van der Waals surface area contributed by atoms with E-state index in [1.165, 1.54) is 12.4 Å². The van der Waals surface area contributed by atoms with Gasteiger partial charge in [-0.15, -0.1) is 0 Å². The van der Waals surface area contributed by atoms with Gasteiger partial charge in [-0.05, 0) is 24.3 Å². The SMILES string of the molecule is NNc1ccncc1C(=O)Nc1ccc(Cl)c(Cl)c1. The highest BCUT2D eigenvalue weighted by atomic mass is 35.5. The van der Waals surface area contributed by atoms with Crippen LogP contribution in [-0.4, -0.2) is 10.9 Å². The lowest BCUT2D eigenvalue weighted by Crippen LogP contribution is -2.17. The Morgan fingerprint density at radius 2 is 2.00 bits per heavy atom. The molecule has 7 heteroatoms. The summed E-state index contributed by atoms with van der Waals surface area (Å²) in [6, 6.07) is 6.42. The molecule has 19 heavy (non-hydrogen) atoms. The molecule has 0 saturated carbocycles. The van der Waals surface area contributed by atoms with Crippen molar-refractivity contribution >= 4 is 40.5 Å². The minimum Gasteiger partial charge on any atom is -0.323 e. The van der Waals surface area contributed by atoms with Crippen molar-refractivity contribution in [1.82, 2.24) is 4.98 Å². The Balaban J connectivity index is 2.23. The van der Waals surface area contributed by atoms with Gasteiger partial charge >= 0.3 is 0 Å². The van der Waals surface area contributed by atoms with Crippen molar-refractivity contribution in [3.8, 4) is 0 Å². The quantitative estimate of drug-likeness (QED) is 0.601. The summed E-state index contributed by atoms with van der Waals surface area (Å²) in [5, 5.41) is 3.47. The molecule has 0 aliphatic rings. The predicted octanol–water partition coefficient (Wildman–Crippen LogP) is 2.93. The number of rotatable bonds is 3. The molecule has 1 heterocycles. The minimum absolute atomic E-state index is 0.330. The maximum atomic E-state index is 12.1. The van der Waals surface area contributed by atoms with E-state index >= 15 is 0 Å². The molecular weight excluding hydrogens is 287 g/mol. The molecule has 4 N–H and O–H groups in total. The third-order valence-electron chi connectivity index (χ3n) is 2.40. The number of carbonyl (C=O) groups is 1. The first-order chi connectivity index (χ1) is 9.11. The zero-order valence-electron chi connectivity index (χ0n) is 9.65. The van der Waals surface area contributed by atoms with Gasteiger partial charge < -0.3 is 10.7 Å². The molecule has 0 radical (unpaired) electrons. The summed E-state index contributed by atoms with van der Waals surface area (Å²) in [6.45, 7) is 0. The van der Waals surface area contributed by atoms with Crippen LogP contribution in [0.4, 0.5) is 11.4 Å². The van der Waals surface area contributed by atoms with E-state index in [4.69, 9.17) is 29.0 Å². The number of hydrazine groups is 1. The van der Waals surface area contributed by atoms with Crippen LogP contribution in [-0.2, 0) is 0 Å². The topological polar surface area (TPSA) is 80.0 Å². The van der Waals surface area contributed by atoms with E-state index in [0.29, 0.717) is 27.0 Å². The zero-order chi connectivity index (χ0) is 13.8. The van der Waals surface area contributed by atoms with Crippen LogP contribution in [0.2, 0.25) is 10.0 Å². The molecular formula is C12H10Cl2N4O. The van der Waals surface area contributed by atoms with E-state index in [1.54, 1.807) is 24.3 Å². The van der Waals surface area contributed by atoms with Crippen LogP contribution in [0.1, 0.15) is 10.4 Å². The number of nitrogens with two attached hydrogens (primary N) is 1. The molecule has 0 spiro atoms. The minimum atomic E-state index is -0.348. The van der Waals surface area contributed by atoms with Crippen molar-refractivity contribution in [3.05, 3.63) is 52.3 Å². The van der Waals surface area contributed by atoms with E-state index < -0.39 is 0 Å². The van der Waals surface area contributed by atoms with Crippen LogP contribution in [0.15, 0.2) is 36.7 Å². The van der Waals surface area contributed by atoms with Gasteiger partial charge in [0.1, 0.15) is 0 Å². The number of benzene rings is 1.